The van der Waals surface area contributed by atoms with Crippen molar-refractivity contribution in [3.8, 4) is 0 Å². The Morgan fingerprint density at radius 3 is 2.87 bits per heavy atom. The van der Waals surface area contributed by atoms with Crippen LogP contribution in [0.25, 0.3) is 0 Å². The molecule has 124 valence electrons. The van der Waals surface area contributed by atoms with Gasteiger partial charge in [-0.25, -0.2) is 13.8 Å². The van der Waals surface area contributed by atoms with Crippen LogP contribution in [0.3, 0.4) is 0 Å². The molecule has 1 aliphatic rings. The summed E-state index contributed by atoms with van der Waals surface area (Å²) in [6, 6.07) is 3.80. The quantitative estimate of drug-likeness (QED) is 0.916. The zero-order valence-electron chi connectivity index (χ0n) is 12.8. The highest BCUT2D eigenvalue weighted by atomic mass is 19.2. The van der Waals surface area contributed by atoms with E-state index in [0.29, 0.717) is 18.7 Å². The highest BCUT2D eigenvalue weighted by Crippen LogP contribution is 2.23. The van der Waals surface area contributed by atoms with E-state index in [2.05, 4.69) is 15.0 Å². The monoisotopic (exact) mass is 322 g/mol. The van der Waals surface area contributed by atoms with Crippen molar-refractivity contribution in [1.29, 1.82) is 0 Å². The number of likely N-dealkylation sites (tertiary alicyclic amines) is 1. The molecule has 1 aromatic heterocycles. The van der Waals surface area contributed by atoms with Gasteiger partial charge in [0, 0.05) is 12.6 Å². The van der Waals surface area contributed by atoms with E-state index < -0.39 is 17.7 Å². The summed E-state index contributed by atoms with van der Waals surface area (Å²) in [6.07, 6.45) is 5.56. The average Bonchev–Trinajstić information content (AvgIpc) is 3.05. The van der Waals surface area contributed by atoms with Crippen molar-refractivity contribution in [3.05, 3.63) is 48.1 Å². The van der Waals surface area contributed by atoms with Crippen molar-refractivity contribution in [2.24, 2.45) is 0 Å². The summed E-state index contributed by atoms with van der Waals surface area (Å²) in [6.45, 7) is 1.98. The molecule has 1 aliphatic heterocycles. The molecule has 3 rings (SSSR count). The SMILES string of the molecule is O[C@H](CN1CCCC[C@H]1Cn1cncn1)c1ccc(F)c(F)c1. The topological polar surface area (TPSA) is 54.2 Å². The smallest absolute Gasteiger partial charge is 0.159 e. The van der Waals surface area contributed by atoms with Gasteiger partial charge < -0.3 is 5.11 Å². The third kappa shape index (κ3) is 3.92. The molecular weight excluding hydrogens is 302 g/mol. The number of halogens is 2. The van der Waals surface area contributed by atoms with Crippen LogP contribution in [0, 0.1) is 11.6 Å². The first-order valence-electron chi connectivity index (χ1n) is 7.83. The second kappa shape index (κ2) is 7.14. The lowest BCUT2D eigenvalue weighted by molar-refractivity contribution is 0.0589. The first-order chi connectivity index (χ1) is 11.1. The van der Waals surface area contributed by atoms with E-state index in [9.17, 15) is 13.9 Å². The van der Waals surface area contributed by atoms with E-state index in [1.54, 1.807) is 11.0 Å². The Morgan fingerprint density at radius 2 is 2.13 bits per heavy atom. The maximum absolute atomic E-state index is 13.3. The van der Waals surface area contributed by atoms with Crippen LogP contribution in [0.5, 0.6) is 0 Å². The largest absolute Gasteiger partial charge is 0.387 e. The summed E-state index contributed by atoms with van der Waals surface area (Å²) < 4.78 is 28.1. The highest BCUT2D eigenvalue weighted by molar-refractivity contribution is 5.20. The van der Waals surface area contributed by atoms with Gasteiger partial charge in [-0.05, 0) is 37.1 Å². The number of aromatic nitrogens is 3. The molecule has 0 amide bonds. The molecule has 1 fully saturated rings. The predicted octanol–water partition coefficient (Wildman–Crippen LogP) is 2.14. The molecule has 1 saturated heterocycles. The lowest BCUT2D eigenvalue weighted by atomic mass is 10.00. The van der Waals surface area contributed by atoms with Crippen molar-refractivity contribution in [2.75, 3.05) is 13.1 Å². The number of β-amino-alcohol motifs (C(OH)–C–C–N with tert-alkyl or cyclic N) is 1. The van der Waals surface area contributed by atoms with Gasteiger partial charge in [0.1, 0.15) is 12.7 Å². The van der Waals surface area contributed by atoms with Crippen LogP contribution in [-0.4, -0.2) is 43.9 Å². The average molecular weight is 322 g/mol. The van der Waals surface area contributed by atoms with Crippen molar-refractivity contribution < 1.29 is 13.9 Å². The molecule has 5 nitrogen and oxygen atoms in total. The van der Waals surface area contributed by atoms with Gasteiger partial charge >= 0.3 is 0 Å². The van der Waals surface area contributed by atoms with Gasteiger partial charge in [-0.3, -0.25) is 9.58 Å². The zero-order valence-corrected chi connectivity index (χ0v) is 12.8. The molecule has 2 heterocycles. The normalized spacial score (nSPS) is 20.6. The molecule has 0 aliphatic carbocycles. The third-order valence-electron chi connectivity index (χ3n) is 4.35. The number of hydrogen-bond donors (Lipinski definition) is 1. The highest BCUT2D eigenvalue weighted by Gasteiger charge is 2.25. The fraction of sp³-hybridized carbons (Fsp3) is 0.500. The van der Waals surface area contributed by atoms with Gasteiger partial charge in [0.2, 0.25) is 0 Å². The van der Waals surface area contributed by atoms with E-state index in [0.717, 1.165) is 37.9 Å². The number of aliphatic hydroxyl groups excluding tert-OH is 1. The Labute approximate surface area is 133 Å². The Kier molecular flexibility index (Phi) is 4.97. The van der Waals surface area contributed by atoms with Gasteiger partial charge in [-0.15, -0.1) is 0 Å². The van der Waals surface area contributed by atoms with Crippen LogP contribution in [0.15, 0.2) is 30.9 Å². The molecule has 2 atom stereocenters. The maximum Gasteiger partial charge on any atom is 0.159 e. The molecule has 1 N–H and O–H groups in total. The predicted molar refractivity (Wildman–Crippen MR) is 80.6 cm³/mol. The van der Waals surface area contributed by atoms with Crippen LogP contribution in [0.2, 0.25) is 0 Å². The Balaban J connectivity index is 1.67. The van der Waals surface area contributed by atoms with E-state index in [4.69, 9.17) is 0 Å². The van der Waals surface area contributed by atoms with E-state index >= 15 is 0 Å². The molecule has 0 spiro atoms. The number of aliphatic hydroxyl groups is 1. The van der Waals surface area contributed by atoms with Gasteiger partial charge in [-0.2, -0.15) is 5.10 Å². The number of nitrogens with zero attached hydrogens (tertiary/aromatic N) is 4. The molecule has 2 aromatic rings. The van der Waals surface area contributed by atoms with Crippen molar-refractivity contribution >= 4 is 0 Å². The van der Waals surface area contributed by atoms with Crippen LogP contribution in [0.1, 0.15) is 30.9 Å². The number of benzene rings is 1. The Morgan fingerprint density at radius 1 is 1.26 bits per heavy atom. The standard InChI is InChI=1S/C16H20F2N4O/c17-14-5-4-12(7-15(14)18)16(23)9-21-6-2-1-3-13(21)8-22-11-19-10-20-22/h4-5,7,10-11,13,16,23H,1-3,6,8-9H2/t13-,16+/m0/s1. The molecule has 0 bridgehead atoms. The second-order valence-electron chi connectivity index (χ2n) is 5.95. The summed E-state index contributed by atoms with van der Waals surface area (Å²) >= 11 is 0. The minimum Gasteiger partial charge on any atom is -0.387 e. The van der Waals surface area contributed by atoms with E-state index in [1.165, 1.54) is 12.4 Å². The molecular formula is C16H20F2N4O. The van der Waals surface area contributed by atoms with Gasteiger partial charge in [0.15, 0.2) is 11.6 Å². The van der Waals surface area contributed by atoms with E-state index in [1.807, 2.05) is 0 Å². The minimum atomic E-state index is -0.931. The van der Waals surface area contributed by atoms with Crippen molar-refractivity contribution in [3.63, 3.8) is 0 Å². The lowest BCUT2D eigenvalue weighted by Gasteiger charge is -2.36. The van der Waals surface area contributed by atoms with Crippen LogP contribution >= 0.6 is 0 Å². The number of rotatable bonds is 5. The third-order valence-corrected chi connectivity index (χ3v) is 4.35. The molecule has 0 saturated carbocycles. The number of hydrogen-bond acceptors (Lipinski definition) is 4. The van der Waals surface area contributed by atoms with Gasteiger partial charge in [0.05, 0.1) is 12.6 Å². The Hall–Kier alpha value is -1.86. The van der Waals surface area contributed by atoms with Crippen LogP contribution in [0.4, 0.5) is 8.78 Å². The zero-order chi connectivity index (χ0) is 16.2. The maximum atomic E-state index is 13.3. The second-order valence-corrected chi connectivity index (χ2v) is 5.95. The summed E-state index contributed by atoms with van der Waals surface area (Å²) in [4.78, 5) is 6.14. The van der Waals surface area contributed by atoms with Crippen molar-refractivity contribution in [1.82, 2.24) is 19.7 Å². The molecule has 0 unspecified atom stereocenters. The van der Waals surface area contributed by atoms with Gasteiger partial charge in [-0.1, -0.05) is 12.5 Å². The molecule has 23 heavy (non-hydrogen) atoms. The van der Waals surface area contributed by atoms with E-state index in [-0.39, 0.29) is 6.04 Å². The molecule has 7 heteroatoms. The van der Waals surface area contributed by atoms with Crippen LogP contribution < -0.4 is 0 Å². The minimum absolute atomic E-state index is 0.255. The lowest BCUT2D eigenvalue weighted by Crippen LogP contribution is -2.44. The number of piperidine rings is 1. The fourth-order valence-electron chi connectivity index (χ4n) is 3.10. The van der Waals surface area contributed by atoms with Gasteiger partial charge in [0.25, 0.3) is 0 Å². The summed E-state index contributed by atoms with van der Waals surface area (Å²) in [5.41, 5.74) is 0.397. The summed E-state index contributed by atoms with van der Waals surface area (Å²) in [5, 5.41) is 14.5. The first kappa shape index (κ1) is 16.0. The van der Waals surface area contributed by atoms with Crippen LogP contribution in [-0.2, 0) is 6.54 Å². The summed E-state index contributed by atoms with van der Waals surface area (Å²) in [5.74, 6) is -1.83. The molecule has 0 radical (unpaired) electrons. The first-order valence-corrected chi connectivity index (χ1v) is 7.83. The van der Waals surface area contributed by atoms with Crippen molar-refractivity contribution in [2.45, 2.75) is 38.0 Å². The fourth-order valence-corrected chi connectivity index (χ4v) is 3.10. The summed E-state index contributed by atoms with van der Waals surface area (Å²) in [7, 11) is 0. The molecule has 1 aromatic carbocycles. The Bertz CT molecular complexity index is 635.